The van der Waals surface area contributed by atoms with Crippen molar-refractivity contribution in [3.8, 4) is 0 Å². The molecule has 1 aromatic rings. The van der Waals surface area contributed by atoms with E-state index in [-0.39, 0.29) is 23.9 Å². The zero-order valence-electron chi connectivity index (χ0n) is 11.9. The number of rotatable bonds is 3. The molecule has 3 atom stereocenters. The number of halogens is 1. The lowest BCUT2D eigenvalue weighted by Gasteiger charge is -2.23. The minimum atomic E-state index is -0.0320. The second kappa shape index (κ2) is 7.23. The van der Waals surface area contributed by atoms with Gasteiger partial charge in [-0.1, -0.05) is 47.3 Å². The van der Waals surface area contributed by atoms with Crippen LogP contribution >= 0.6 is 15.9 Å². The van der Waals surface area contributed by atoms with Gasteiger partial charge in [0.1, 0.15) is 0 Å². The molecule has 0 heterocycles. The Hall–Kier alpha value is -0.870. The molecule has 0 radical (unpaired) electrons. The maximum atomic E-state index is 12.4. The number of hydrogen-bond acceptors (Lipinski definition) is 2. The van der Waals surface area contributed by atoms with Gasteiger partial charge in [0.15, 0.2) is 0 Å². The summed E-state index contributed by atoms with van der Waals surface area (Å²) < 4.78 is 1.05. The van der Waals surface area contributed by atoms with Crippen LogP contribution in [0.2, 0.25) is 0 Å². The van der Waals surface area contributed by atoms with Gasteiger partial charge in [-0.05, 0) is 37.5 Å². The van der Waals surface area contributed by atoms with Crippen molar-refractivity contribution in [2.75, 3.05) is 0 Å². The van der Waals surface area contributed by atoms with Gasteiger partial charge in [-0.25, -0.2) is 0 Å². The summed E-state index contributed by atoms with van der Waals surface area (Å²) in [5, 5.41) is 3.11. The molecule has 3 nitrogen and oxygen atoms in total. The van der Waals surface area contributed by atoms with Crippen LogP contribution in [0, 0.1) is 5.92 Å². The van der Waals surface area contributed by atoms with Gasteiger partial charge in [0.2, 0.25) is 5.91 Å². The molecule has 110 valence electrons. The van der Waals surface area contributed by atoms with E-state index < -0.39 is 0 Å². The fourth-order valence-corrected chi connectivity index (χ4v) is 3.08. The number of nitrogens with one attached hydrogen (secondary N) is 1. The van der Waals surface area contributed by atoms with Gasteiger partial charge in [0, 0.05) is 10.5 Å². The highest BCUT2D eigenvalue weighted by molar-refractivity contribution is 9.10. The van der Waals surface area contributed by atoms with Gasteiger partial charge in [0.05, 0.1) is 12.0 Å². The molecule has 1 saturated carbocycles. The van der Waals surface area contributed by atoms with Gasteiger partial charge in [0.25, 0.3) is 0 Å². The molecule has 3 N–H and O–H groups in total. The molecule has 0 bridgehead atoms. The fourth-order valence-electron chi connectivity index (χ4n) is 2.82. The monoisotopic (exact) mass is 338 g/mol. The summed E-state index contributed by atoms with van der Waals surface area (Å²) in [5.74, 6) is 0.0743. The molecule has 1 amide bonds. The van der Waals surface area contributed by atoms with Crippen LogP contribution < -0.4 is 11.1 Å². The van der Waals surface area contributed by atoms with Crippen molar-refractivity contribution in [1.82, 2.24) is 5.32 Å². The minimum Gasteiger partial charge on any atom is -0.349 e. The quantitative estimate of drug-likeness (QED) is 0.828. The molecule has 1 fully saturated rings. The molecule has 0 spiro atoms. The first-order chi connectivity index (χ1) is 9.58. The number of amides is 1. The normalized spacial score (nSPS) is 24.8. The van der Waals surface area contributed by atoms with Crippen molar-refractivity contribution in [3.63, 3.8) is 0 Å². The molecule has 2 unspecified atom stereocenters. The van der Waals surface area contributed by atoms with E-state index in [9.17, 15) is 4.79 Å². The largest absolute Gasteiger partial charge is 0.349 e. The number of carbonyl (C=O) groups excluding carboxylic acids is 1. The highest BCUT2D eigenvalue weighted by Gasteiger charge is 2.27. The van der Waals surface area contributed by atoms with Crippen LogP contribution in [-0.2, 0) is 4.79 Å². The molecule has 0 saturated heterocycles. The van der Waals surface area contributed by atoms with Crippen molar-refractivity contribution in [3.05, 3.63) is 34.3 Å². The van der Waals surface area contributed by atoms with Gasteiger partial charge >= 0.3 is 0 Å². The van der Waals surface area contributed by atoms with Gasteiger partial charge in [-0.15, -0.1) is 0 Å². The van der Waals surface area contributed by atoms with Crippen LogP contribution in [0.15, 0.2) is 28.7 Å². The van der Waals surface area contributed by atoms with E-state index in [1.807, 2.05) is 31.2 Å². The number of carbonyl (C=O) groups is 1. The molecule has 0 aromatic heterocycles. The molecular formula is C16H23BrN2O. The SMILES string of the molecule is C[C@H](NC(=O)C1CCCCCC1N)c1ccc(Br)cc1. The standard InChI is InChI=1S/C16H23BrN2O/c1-11(12-7-9-13(17)10-8-12)19-16(20)14-5-3-2-4-6-15(14)18/h7-11,14-15H,2-6,18H2,1H3,(H,19,20)/t11-,14?,15?/m0/s1. The van der Waals surface area contributed by atoms with E-state index in [1.165, 1.54) is 6.42 Å². The lowest BCUT2D eigenvalue weighted by atomic mass is 9.94. The fraction of sp³-hybridized carbons (Fsp3) is 0.562. The Morgan fingerprint density at radius 2 is 1.90 bits per heavy atom. The Balaban J connectivity index is 1.97. The predicted molar refractivity (Wildman–Crippen MR) is 85.3 cm³/mol. The van der Waals surface area contributed by atoms with E-state index in [1.54, 1.807) is 0 Å². The van der Waals surface area contributed by atoms with Crippen molar-refractivity contribution >= 4 is 21.8 Å². The average molecular weight is 339 g/mol. The van der Waals surface area contributed by atoms with Gasteiger partial charge in [-0.3, -0.25) is 4.79 Å². The third kappa shape index (κ3) is 4.06. The van der Waals surface area contributed by atoms with Crippen LogP contribution in [0.1, 0.15) is 50.6 Å². The van der Waals surface area contributed by atoms with E-state index in [0.29, 0.717) is 0 Å². The summed E-state index contributed by atoms with van der Waals surface area (Å²) in [6, 6.07) is 8.08. The van der Waals surface area contributed by atoms with Crippen LogP contribution in [0.3, 0.4) is 0 Å². The lowest BCUT2D eigenvalue weighted by molar-refractivity contribution is -0.126. The summed E-state index contributed by atoms with van der Waals surface area (Å²) in [5.41, 5.74) is 7.26. The van der Waals surface area contributed by atoms with Crippen LogP contribution in [0.4, 0.5) is 0 Å². The summed E-state index contributed by atoms with van der Waals surface area (Å²) in [7, 11) is 0. The molecule has 1 aromatic carbocycles. The first-order valence-corrected chi connectivity index (χ1v) is 8.18. The number of hydrogen-bond donors (Lipinski definition) is 2. The molecule has 1 aliphatic rings. The first-order valence-electron chi connectivity index (χ1n) is 7.39. The smallest absolute Gasteiger partial charge is 0.225 e. The molecule has 0 aliphatic heterocycles. The maximum Gasteiger partial charge on any atom is 0.225 e. The molecule has 1 aliphatic carbocycles. The molecular weight excluding hydrogens is 316 g/mol. The molecule has 20 heavy (non-hydrogen) atoms. The first kappa shape index (κ1) is 15.5. The Bertz CT molecular complexity index is 446. The Morgan fingerprint density at radius 1 is 1.25 bits per heavy atom. The van der Waals surface area contributed by atoms with E-state index in [4.69, 9.17) is 5.73 Å². The van der Waals surface area contributed by atoms with Crippen molar-refractivity contribution in [1.29, 1.82) is 0 Å². The van der Waals surface area contributed by atoms with E-state index >= 15 is 0 Å². The third-order valence-corrected chi connectivity index (χ3v) is 4.66. The van der Waals surface area contributed by atoms with Gasteiger partial charge < -0.3 is 11.1 Å². The van der Waals surface area contributed by atoms with Crippen LogP contribution in [0.25, 0.3) is 0 Å². The maximum absolute atomic E-state index is 12.4. The van der Waals surface area contributed by atoms with E-state index in [2.05, 4.69) is 21.2 Å². The number of nitrogens with two attached hydrogens (primary N) is 1. The minimum absolute atomic E-state index is 0.00891. The number of benzene rings is 1. The highest BCUT2D eigenvalue weighted by Crippen LogP contribution is 2.24. The third-order valence-electron chi connectivity index (χ3n) is 4.13. The summed E-state index contributed by atoms with van der Waals surface area (Å²) in [4.78, 5) is 12.4. The van der Waals surface area contributed by atoms with Gasteiger partial charge in [-0.2, -0.15) is 0 Å². The topological polar surface area (TPSA) is 55.1 Å². The summed E-state index contributed by atoms with van der Waals surface area (Å²) in [6.45, 7) is 2.02. The Kier molecular flexibility index (Phi) is 5.61. The molecule has 4 heteroatoms. The summed E-state index contributed by atoms with van der Waals surface area (Å²) >= 11 is 3.42. The second-order valence-electron chi connectivity index (χ2n) is 5.69. The Morgan fingerprint density at radius 3 is 2.60 bits per heavy atom. The zero-order chi connectivity index (χ0) is 14.5. The van der Waals surface area contributed by atoms with Crippen LogP contribution in [0.5, 0.6) is 0 Å². The Labute approximate surface area is 129 Å². The second-order valence-corrected chi connectivity index (χ2v) is 6.61. The average Bonchev–Trinajstić information content (AvgIpc) is 2.64. The van der Waals surface area contributed by atoms with Crippen molar-refractivity contribution in [2.24, 2.45) is 11.7 Å². The van der Waals surface area contributed by atoms with Crippen LogP contribution in [-0.4, -0.2) is 11.9 Å². The molecule has 2 rings (SSSR count). The summed E-state index contributed by atoms with van der Waals surface area (Å²) in [6.07, 6.45) is 5.33. The van der Waals surface area contributed by atoms with Crippen molar-refractivity contribution < 1.29 is 4.79 Å². The van der Waals surface area contributed by atoms with Crippen molar-refractivity contribution in [2.45, 2.75) is 51.1 Å². The van der Waals surface area contributed by atoms with E-state index in [0.717, 1.165) is 35.7 Å². The zero-order valence-corrected chi connectivity index (χ0v) is 13.5. The lowest BCUT2D eigenvalue weighted by Crippen LogP contribution is -2.42. The highest BCUT2D eigenvalue weighted by atomic mass is 79.9. The predicted octanol–water partition coefficient (Wildman–Crippen LogP) is 3.53.